The molecule has 0 spiro atoms. The van der Waals surface area contributed by atoms with Crippen molar-refractivity contribution < 1.29 is 14.6 Å². The smallest absolute Gasteiger partial charge is 0.344 e. The molecule has 1 N–H and O–H groups in total. The molecule has 17 heavy (non-hydrogen) atoms. The second-order valence-corrected chi connectivity index (χ2v) is 3.84. The van der Waals surface area contributed by atoms with Crippen LogP contribution < -0.4 is 0 Å². The van der Waals surface area contributed by atoms with Crippen molar-refractivity contribution in [3.8, 4) is 0 Å². The lowest BCUT2D eigenvalue weighted by Crippen LogP contribution is -2.08. The Morgan fingerprint density at radius 1 is 1.35 bits per heavy atom. The zero-order valence-corrected chi connectivity index (χ0v) is 9.68. The van der Waals surface area contributed by atoms with Gasteiger partial charge in [0.05, 0.1) is 11.4 Å². The van der Waals surface area contributed by atoms with Crippen LogP contribution in [-0.4, -0.2) is 22.9 Å². The van der Waals surface area contributed by atoms with E-state index in [1.54, 1.807) is 13.8 Å². The minimum Gasteiger partial charge on any atom is -0.507 e. The van der Waals surface area contributed by atoms with E-state index < -0.39 is 12.1 Å². The zero-order chi connectivity index (χ0) is 12.4. The van der Waals surface area contributed by atoms with E-state index in [2.05, 4.69) is 4.99 Å². The van der Waals surface area contributed by atoms with Crippen molar-refractivity contribution >= 4 is 17.4 Å². The summed E-state index contributed by atoms with van der Waals surface area (Å²) in [6.07, 6.45) is -0.585. The van der Waals surface area contributed by atoms with Gasteiger partial charge in [0.1, 0.15) is 11.3 Å². The van der Waals surface area contributed by atoms with Crippen molar-refractivity contribution in [3.63, 3.8) is 0 Å². The minimum atomic E-state index is -0.585. The molecule has 1 aromatic carbocycles. The standard InChI is InChI=1S/C13H13NO3/c1-8(14-10-6-4-3-5-7-10)11-12(15)9(2)17-13(11)16/h3-7,9,15H,1-2H3/t9-/m0/s1. The summed E-state index contributed by atoms with van der Waals surface area (Å²) < 4.78 is 4.90. The lowest BCUT2D eigenvalue weighted by Gasteiger charge is -1.99. The molecule has 88 valence electrons. The van der Waals surface area contributed by atoms with Crippen LogP contribution in [0.4, 0.5) is 5.69 Å². The Balaban J connectivity index is 2.36. The average Bonchev–Trinajstić information content (AvgIpc) is 2.54. The molecule has 0 radical (unpaired) electrons. The normalized spacial score (nSPS) is 20.7. The van der Waals surface area contributed by atoms with E-state index in [-0.39, 0.29) is 11.3 Å². The fourth-order valence-electron chi connectivity index (χ4n) is 1.67. The molecule has 1 aliphatic heterocycles. The van der Waals surface area contributed by atoms with Crippen LogP contribution in [0, 0.1) is 0 Å². The summed E-state index contributed by atoms with van der Waals surface area (Å²) in [6.45, 7) is 3.30. The highest BCUT2D eigenvalue weighted by atomic mass is 16.6. The van der Waals surface area contributed by atoms with Gasteiger partial charge in [-0.1, -0.05) is 18.2 Å². The summed E-state index contributed by atoms with van der Waals surface area (Å²) in [7, 11) is 0. The lowest BCUT2D eigenvalue weighted by molar-refractivity contribution is -0.139. The molecule has 1 heterocycles. The van der Waals surface area contributed by atoms with E-state index in [9.17, 15) is 9.90 Å². The van der Waals surface area contributed by atoms with Crippen LogP contribution in [0.5, 0.6) is 0 Å². The van der Waals surface area contributed by atoms with Crippen LogP contribution in [0.1, 0.15) is 13.8 Å². The van der Waals surface area contributed by atoms with Gasteiger partial charge in [-0.2, -0.15) is 0 Å². The number of hydrogen-bond acceptors (Lipinski definition) is 4. The molecule has 0 aromatic heterocycles. The predicted molar refractivity (Wildman–Crippen MR) is 64.4 cm³/mol. The molecular weight excluding hydrogens is 218 g/mol. The Bertz CT molecular complexity index is 503. The predicted octanol–water partition coefficient (Wildman–Crippen LogP) is 2.54. The van der Waals surface area contributed by atoms with Gasteiger partial charge >= 0.3 is 5.97 Å². The summed E-state index contributed by atoms with van der Waals surface area (Å²) in [5, 5.41) is 9.73. The fourth-order valence-corrected chi connectivity index (χ4v) is 1.67. The number of rotatable bonds is 2. The maximum atomic E-state index is 11.5. The van der Waals surface area contributed by atoms with Crippen molar-refractivity contribution in [2.24, 2.45) is 4.99 Å². The molecule has 0 fully saturated rings. The van der Waals surface area contributed by atoms with Crippen LogP contribution in [0.2, 0.25) is 0 Å². The zero-order valence-electron chi connectivity index (χ0n) is 9.68. The molecule has 0 amide bonds. The molecule has 1 aliphatic rings. The SMILES string of the molecule is CC(=Nc1ccccc1)C1=C(O)[C@H](C)OC1=O. The lowest BCUT2D eigenvalue weighted by atomic mass is 10.1. The molecule has 1 aromatic rings. The number of benzene rings is 1. The van der Waals surface area contributed by atoms with Crippen molar-refractivity contribution in [2.45, 2.75) is 20.0 Å². The summed E-state index contributed by atoms with van der Waals surface area (Å²) in [5.74, 6) is -0.570. The van der Waals surface area contributed by atoms with Gasteiger partial charge in [-0.3, -0.25) is 4.99 Å². The van der Waals surface area contributed by atoms with Crippen molar-refractivity contribution in [1.29, 1.82) is 0 Å². The number of cyclic esters (lactones) is 1. The van der Waals surface area contributed by atoms with Crippen LogP contribution in [-0.2, 0) is 9.53 Å². The second kappa shape index (κ2) is 4.41. The van der Waals surface area contributed by atoms with E-state index in [0.29, 0.717) is 5.71 Å². The topological polar surface area (TPSA) is 58.9 Å². The molecule has 2 rings (SSSR count). The number of hydrogen-bond donors (Lipinski definition) is 1. The molecule has 0 bridgehead atoms. The largest absolute Gasteiger partial charge is 0.507 e. The number of nitrogens with zero attached hydrogens (tertiary/aromatic N) is 1. The number of para-hydroxylation sites is 1. The maximum absolute atomic E-state index is 11.5. The molecule has 0 saturated carbocycles. The van der Waals surface area contributed by atoms with Gasteiger partial charge in [0.25, 0.3) is 0 Å². The number of esters is 1. The third kappa shape index (κ3) is 2.20. The molecular formula is C13H13NO3. The Hall–Kier alpha value is -2.10. The number of ether oxygens (including phenoxy) is 1. The van der Waals surface area contributed by atoms with E-state index in [0.717, 1.165) is 5.69 Å². The van der Waals surface area contributed by atoms with Gasteiger partial charge in [0.15, 0.2) is 6.10 Å². The molecule has 0 unspecified atom stereocenters. The summed E-state index contributed by atoms with van der Waals surface area (Å²) in [6, 6.07) is 9.25. The van der Waals surface area contributed by atoms with Gasteiger partial charge in [-0.15, -0.1) is 0 Å². The first-order chi connectivity index (χ1) is 8.09. The van der Waals surface area contributed by atoms with Crippen LogP contribution in [0.3, 0.4) is 0 Å². The fraction of sp³-hybridized carbons (Fsp3) is 0.231. The van der Waals surface area contributed by atoms with Crippen LogP contribution >= 0.6 is 0 Å². The first-order valence-corrected chi connectivity index (χ1v) is 5.34. The van der Waals surface area contributed by atoms with E-state index in [4.69, 9.17) is 4.74 Å². The highest BCUT2D eigenvalue weighted by Gasteiger charge is 2.32. The third-order valence-electron chi connectivity index (χ3n) is 2.54. The van der Waals surface area contributed by atoms with E-state index in [1.807, 2.05) is 30.3 Å². The Kier molecular flexibility index (Phi) is 2.95. The van der Waals surface area contributed by atoms with Gasteiger partial charge < -0.3 is 9.84 Å². The summed E-state index contributed by atoms with van der Waals surface area (Å²) in [5.41, 5.74) is 1.36. The van der Waals surface area contributed by atoms with Gasteiger partial charge in [-0.25, -0.2) is 4.79 Å². The Morgan fingerprint density at radius 2 is 2.00 bits per heavy atom. The monoisotopic (exact) mass is 231 g/mol. The van der Waals surface area contributed by atoms with Crippen molar-refractivity contribution in [3.05, 3.63) is 41.7 Å². The van der Waals surface area contributed by atoms with Gasteiger partial charge in [0, 0.05) is 0 Å². The van der Waals surface area contributed by atoms with Crippen molar-refractivity contribution in [1.82, 2.24) is 0 Å². The second-order valence-electron chi connectivity index (χ2n) is 3.84. The first kappa shape index (κ1) is 11.4. The van der Waals surface area contributed by atoms with Crippen LogP contribution in [0.15, 0.2) is 46.7 Å². The molecule has 0 aliphatic carbocycles. The maximum Gasteiger partial charge on any atom is 0.344 e. The third-order valence-corrected chi connectivity index (χ3v) is 2.54. The Labute approximate surface area is 99.3 Å². The minimum absolute atomic E-state index is 0.0489. The van der Waals surface area contributed by atoms with Gasteiger partial charge in [0.2, 0.25) is 0 Å². The summed E-state index contributed by atoms with van der Waals surface area (Å²) >= 11 is 0. The molecule has 1 atom stereocenters. The molecule has 0 saturated heterocycles. The van der Waals surface area contributed by atoms with Crippen molar-refractivity contribution in [2.75, 3.05) is 0 Å². The number of carbonyl (C=O) groups is 1. The highest BCUT2D eigenvalue weighted by Crippen LogP contribution is 2.23. The first-order valence-electron chi connectivity index (χ1n) is 5.34. The quantitative estimate of drug-likeness (QED) is 0.628. The number of aliphatic hydroxyl groups excluding tert-OH is 1. The molecule has 4 nitrogen and oxygen atoms in total. The number of aliphatic imine (C=N–C) groups is 1. The van der Waals surface area contributed by atoms with Gasteiger partial charge in [-0.05, 0) is 26.0 Å². The van der Waals surface area contributed by atoms with E-state index in [1.165, 1.54) is 0 Å². The average molecular weight is 231 g/mol. The van der Waals surface area contributed by atoms with Crippen LogP contribution in [0.25, 0.3) is 0 Å². The highest BCUT2D eigenvalue weighted by molar-refractivity contribution is 6.21. The summed E-state index contributed by atoms with van der Waals surface area (Å²) in [4.78, 5) is 15.8. The van der Waals surface area contributed by atoms with E-state index >= 15 is 0 Å². The number of carbonyl (C=O) groups excluding carboxylic acids is 1. The Morgan fingerprint density at radius 3 is 2.53 bits per heavy atom. The number of aliphatic hydroxyl groups is 1. The molecule has 4 heteroatoms.